The van der Waals surface area contributed by atoms with Crippen LogP contribution >= 0.6 is 27.5 Å². The number of nitrogens with one attached hydrogen (secondary N) is 1. The van der Waals surface area contributed by atoms with Gasteiger partial charge in [-0.05, 0) is 40.3 Å². The number of halogens is 1. The highest BCUT2D eigenvalue weighted by Gasteiger charge is 2.22. The highest BCUT2D eigenvalue weighted by Crippen LogP contribution is 2.29. The van der Waals surface area contributed by atoms with Crippen molar-refractivity contribution in [1.29, 1.82) is 0 Å². The lowest BCUT2D eigenvalue weighted by Crippen LogP contribution is -2.30. The fourth-order valence-electron chi connectivity index (χ4n) is 2.35. The van der Waals surface area contributed by atoms with E-state index in [2.05, 4.69) is 49.9 Å². The van der Waals surface area contributed by atoms with E-state index < -0.39 is 0 Å². The Labute approximate surface area is 137 Å². The predicted octanol–water partition coefficient (Wildman–Crippen LogP) is 2.30. The lowest BCUT2D eigenvalue weighted by molar-refractivity contribution is 0.531. The molecule has 0 spiro atoms. The molecule has 1 unspecified atom stereocenters. The molecule has 0 saturated carbocycles. The molecule has 0 fully saturated rings. The van der Waals surface area contributed by atoms with Gasteiger partial charge in [-0.2, -0.15) is 5.10 Å². The van der Waals surface area contributed by atoms with Gasteiger partial charge in [0.2, 0.25) is 0 Å². The van der Waals surface area contributed by atoms with Crippen LogP contribution in [-0.4, -0.2) is 19.4 Å². The van der Waals surface area contributed by atoms with Gasteiger partial charge in [0.1, 0.15) is 0 Å². The first-order chi connectivity index (χ1) is 10.1. The molecular formula is C13H21BrN6S. The molecule has 0 aromatic carbocycles. The fourth-order valence-corrected chi connectivity index (χ4v) is 3.88. The van der Waals surface area contributed by atoms with Crippen LogP contribution in [0.1, 0.15) is 48.3 Å². The number of hydrazine groups is 1. The lowest BCUT2D eigenvalue weighted by atomic mass is 10.1. The largest absolute Gasteiger partial charge is 0.271 e. The standard InChI is InChI=1S/C13H21BrN6S/c1-4-6-9-13(21-19-17-9)10(16-15)7-11-12(14)8(5-2)18-20(11)3/h10,16H,4-7,15H2,1-3H3. The van der Waals surface area contributed by atoms with Gasteiger partial charge in [0.05, 0.1) is 32.5 Å². The zero-order valence-electron chi connectivity index (χ0n) is 12.6. The average molecular weight is 373 g/mol. The molecule has 0 amide bonds. The normalized spacial score (nSPS) is 12.8. The Hall–Kier alpha value is -0.830. The number of hydrogen-bond acceptors (Lipinski definition) is 6. The summed E-state index contributed by atoms with van der Waals surface area (Å²) in [6.07, 6.45) is 3.63. The molecule has 2 aromatic rings. The van der Waals surface area contributed by atoms with Gasteiger partial charge in [-0.1, -0.05) is 24.8 Å². The number of rotatable bonds is 7. The van der Waals surface area contributed by atoms with Crippen molar-refractivity contribution in [2.45, 2.75) is 45.6 Å². The van der Waals surface area contributed by atoms with E-state index in [4.69, 9.17) is 5.84 Å². The Morgan fingerprint density at radius 3 is 2.71 bits per heavy atom. The molecule has 2 aromatic heterocycles. The Balaban J connectivity index is 2.27. The van der Waals surface area contributed by atoms with Gasteiger partial charge in [-0.3, -0.25) is 16.0 Å². The van der Waals surface area contributed by atoms with E-state index in [1.165, 1.54) is 11.5 Å². The fraction of sp³-hybridized carbons (Fsp3) is 0.615. The Bertz CT molecular complexity index is 593. The van der Waals surface area contributed by atoms with Gasteiger partial charge < -0.3 is 0 Å². The summed E-state index contributed by atoms with van der Waals surface area (Å²) in [5.74, 6) is 5.77. The molecule has 8 heteroatoms. The molecule has 1 atom stereocenters. The molecule has 0 aliphatic heterocycles. The highest BCUT2D eigenvalue weighted by molar-refractivity contribution is 9.10. The molecule has 0 aliphatic rings. The molecule has 3 N–H and O–H groups in total. The van der Waals surface area contributed by atoms with Gasteiger partial charge >= 0.3 is 0 Å². The maximum atomic E-state index is 5.77. The quantitative estimate of drug-likeness (QED) is 0.575. The monoisotopic (exact) mass is 372 g/mol. The molecule has 0 bridgehead atoms. The second-order valence-electron chi connectivity index (χ2n) is 4.94. The number of nitrogens with zero attached hydrogens (tertiary/aromatic N) is 4. The van der Waals surface area contributed by atoms with Gasteiger partial charge in [-0.25, -0.2) is 0 Å². The second-order valence-corrected chi connectivity index (χ2v) is 6.52. The van der Waals surface area contributed by atoms with Crippen LogP contribution in [0.15, 0.2) is 4.47 Å². The van der Waals surface area contributed by atoms with E-state index >= 15 is 0 Å². The minimum absolute atomic E-state index is 0.00274. The van der Waals surface area contributed by atoms with E-state index in [9.17, 15) is 0 Å². The molecule has 0 saturated heterocycles. The average Bonchev–Trinajstić information content (AvgIpc) is 3.03. The van der Waals surface area contributed by atoms with Crippen LogP contribution in [0.25, 0.3) is 0 Å². The van der Waals surface area contributed by atoms with Crippen LogP contribution < -0.4 is 11.3 Å². The van der Waals surface area contributed by atoms with E-state index in [-0.39, 0.29) is 6.04 Å². The van der Waals surface area contributed by atoms with Crippen LogP contribution in [0.3, 0.4) is 0 Å². The van der Waals surface area contributed by atoms with Crippen molar-refractivity contribution >= 4 is 27.5 Å². The first kappa shape index (κ1) is 16.5. The van der Waals surface area contributed by atoms with Crippen molar-refractivity contribution in [2.24, 2.45) is 12.9 Å². The Morgan fingerprint density at radius 1 is 1.38 bits per heavy atom. The summed E-state index contributed by atoms with van der Waals surface area (Å²) in [5, 5.41) is 8.75. The summed E-state index contributed by atoms with van der Waals surface area (Å²) >= 11 is 5.07. The van der Waals surface area contributed by atoms with Crippen molar-refractivity contribution in [2.75, 3.05) is 0 Å². The summed E-state index contributed by atoms with van der Waals surface area (Å²) in [6, 6.07) is 0.00274. The van der Waals surface area contributed by atoms with E-state index in [0.29, 0.717) is 0 Å². The number of aromatic nitrogens is 4. The maximum absolute atomic E-state index is 5.77. The minimum atomic E-state index is 0.00274. The third kappa shape index (κ3) is 3.50. The van der Waals surface area contributed by atoms with Crippen molar-refractivity contribution in [1.82, 2.24) is 24.8 Å². The number of nitrogens with two attached hydrogens (primary N) is 1. The van der Waals surface area contributed by atoms with Crippen molar-refractivity contribution in [3.63, 3.8) is 0 Å². The van der Waals surface area contributed by atoms with Gasteiger partial charge in [0, 0.05) is 13.5 Å². The number of hydrogen-bond donors (Lipinski definition) is 2. The van der Waals surface area contributed by atoms with E-state index in [1.54, 1.807) is 0 Å². The maximum Gasteiger partial charge on any atom is 0.0804 e. The number of aryl methyl sites for hydroxylation is 3. The molecule has 6 nitrogen and oxygen atoms in total. The lowest BCUT2D eigenvalue weighted by Gasteiger charge is -2.15. The molecular weight excluding hydrogens is 352 g/mol. The van der Waals surface area contributed by atoms with Crippen LogP contribution in [0.2, 0.25) is 0 Å². The summed E-state index contributed by atoms with van der Waals surface area (Å²) < 4.78 is 7.07. The smallest absolute Gasteiger partial charge is 0.0804 e. The summed E-state index contributed by atoms with van der Waals surface area (Å²) in [4.78, 5) is 1.12. The third-order valence-corrected chi connectivity index (χ3v) is 5.29. The first-order valence-corrected chi connectivity index (χ1v) is 8.66. The van der Waals surface area contributed by atoms with Crippen LogP contribution in [0, 0.1) is 0 Å². The Kier molecular flexibility index (Phi) is 5.86. The van der Waals surface area contributed by atoms with Crippen LogP contribution in [0.4, 0.5) is 0 Å². The highest BCUT2D eigenvalue weighted by atomic mass is 79.9. The summed E-state index contributed by atoms with van der Waals surface area (Å²) in [7, 11) is 1.96. The second kappa shape index (κ2) is 7.44. The summed E-state index contributed by atoms with van der Waals surface area (Å²) in [5.41, 5.74) is 6.14. The summed E-state index contributed by atoms with van der Waals surface area (Å²) in [6.45, 7) is 4.24. The van der Waals surface area contributed by atoms with Crippen LogP contribution in [-0.2, 0) is 26.3 Å². The molecule has 21 heavy (non-hydrogen) atoms. The van der Waals surface area contributed by atoms with E-state index in [0.717, 1.165) is 52.1 Å². The topological polar surface area (TPSA) is 81.7 Å². The van der Waals surface area contributed by atoms with Gasteiger partial charge in [0.15, 0.2) is 0 Å². The van der Waals surface area contributed by atoms with Crippen molar-refractivity contribution in [3.05, 3.63) is 26.4 Å². The zero-order chi connectivity index (χ0) is 15.4. The van der Waals surface area contributed by atoms with Crippen molar-refractivity contribution < 1.29 is 0 Å². The van der Waals surface area contributed by atoms with E-state index in [1.807, 2.05) is 11.7 Å². The SMILES string of the molecule is CCCc1nnsc1C(Cc1c(Br)c(CC)nn1C)NN. The molecule has 116 valence electrons. The van der Waals surface area contributed by atoms with Crippen LogP contribution in [0.5, 0.6) is 0 Å². The molecule has 0 aliphatic carbocycles. The van der Waals surface area contributed by atoms with Gasteiger partial charge in [0.25, 0.3) is 0 Å². The molecule has 0 radical (unpaired) electrons. The minimum Gasteiger partial charge on any atom is -0.271 e. The molecule has 2 heterocycles. The zero-order valence-corrected chi connectivity index (χ0v) is 15.0. The third-order valence-electron chi connectivity index (χ3n) is 3.49. The van der Waals surface area contributed by atoms with Crippen molar-refractivity contribution in [3.8, 4) is 0 Å². The predicted molar refractivity (Wildman–Crippen MR) is 88.0 cm³/mol. The first-order valence-electron chi connectivity index (χ1n) is 7.09. The molecule has 2 rings (SSSR count). The van der Waals surface area contributed by atoms with Gasteiger partial charge in [-0.15, -0.1) is 5.10 Å². The Morgan fingerprint density at radius 2 is 2.14 bits per heavy atom.